The van der Waals surface area contributed by atoms with Crippen LogP contribution in [0, 0.1) is 0 Å². The van der Waals surface area contributed by atoms with Crippen LogP contribution in [0.5, 0.6) is 0 Å². The Morgan fingerprint density at radius 3 is 2.50 bits per heavy atom. The van der Waals surface area contributed by atoms with Gasteiger partial charge >= 0.3 is 6.09 Å². The highest BCUT2D eigenvalue weighted by Crippen LogP contribution is 2.20. The lowest BCUT2D eigenvalue weighted by Crippen LogP contribution is -2.27. The van der Waals surface area contributed by atoms with E-state index in [-0.39, 0.29) is 12.2 Å². The van der Waals surface area contributed by atoms with Gasteiger partial charge in [0.05, 0.1) is 0 Å². The first-order valence-electron chi connectivity index (χ1n) is 7.07. The normalized spacial score (nSPS) is 16.7. The third-order valence-electron chi connectivity index (χ3n) is 3.01. The van der Waals surface area contributed by atoms with E-state index in [9.17, 15) is 4.79 Å². The lowest BCUT2D eigenvalue weighted by molar-refractivity contribution is 0.102. The SMILES string of the molecule is CC/C=C\CC/C=C/CNC(=O)OC1CCCC1. The summed E-state index contributed by atoms with van der Waals surface area (Å²) in [6.07, 6.45) is 15.9. The average Bonchev–Trinajstić information content (AvgIpc) is 2.85. The topological polar surface area (TPSA) is 38.3 Å². The van der Waals surface area contributed by atoms with Crippen LogP contribution < -0.4 is 5.32 Å². The molecule has 1 N–H and O–H groups in total. The summed E-state index contributed by atoms with van der Waals surface area (Å²) in [4.78, 5) is 11.4. The smallest absolute Gasteiger partial charge is 0.407 e. The number of alkyl carbamates (subject to hydrolysis) is 1. The van der Waals surface area contributed by atoms with Crippen molar-refractivity contribution < 1.29 is 9.53 Å². The van der Waals surface area contributed by atoms with Gasteiger partial charge in [0.15, 0.2) is 0 Å². The van der Waals surface area contributed by atoms with Crippen LogP contribution in [0.15, 0.2) is 24.3 Å². The van der Waals surface area contributed by atoms with Gasteiger partial charge in [0.25, 0.3) is 0 Å². The zero-order valence-corrected chi connectivity index (χ0v) is 11.4. The van der Waals surface area contributed by atoms with E-state index in [1.165, 1.54) is 12.8 Å². The number of carbonyl (C=O) groups is 1. The number of unbranched alkanes of at least 4 members (excludes halogenated alkanes) is 1. The fourth-order valence-electron chi connectivity index (χ4n) is 2.02. The number of hydrogen-bond donors (Lipinski definition) is 1. The van der Waals surface area contributed by atoms with Crippen molar-refractivity contribution in [3.05, 3.63) is 24.3 Å². The first-order chi connectivity index (χ1) is 8.83. The summed E-state index contributed by atoms with van der Waals surface area (Å²) in [5.74, 6) is 0. The van der Waals surface area contributed by atoms with Crippen molar-refractivity contribution in [2.24, 2.45) is 0 Å². The zero-order valence-electron chi connectivity index (χ0n) is 11.4. The highest BCUT2D eigenvalue weighted by Gasteiger charge is 2.18. The van der Waals surface area contributed by atoms with Crippen LogP contribution in [0.2, 0.25) is 0 Å². The Labute approximate surface area is 110 Å². The second kappa shape index (κ2) is 9.75. The van der Waals surface area contributed by atoms with Gasteiger partial charge < -0.3 is 10.1 Å². The molecular formula is C15H25NO2. The summed E-state index contributed by atoms with van der Waals surface area (Å²) in [5, 5.41) is 2.75. The third kappa shape index (κ3) is 7.15. The van der Waals surface area contributed by atoms with Crippen molar-refractivity contribution in [3.63, 3.8) is 0 Å². The van der Waals surface area contributed by atoms with Gasteiger partial charge in [-0.3, -0.25) is 0 Å². The van der Waals surface area contributed by atoms with Gasteiger partial charge in [-0.15, -0.1) is 0 Å². The van der Waals surface area contributed by atoms with E-state index in [4.69, 9.17) is 4.74 Å². The summed E-state index contributed by atoms with van der Waals surface area (Å²) in [6, 6.07) is 0. The van der Waals surface area contributed by atoms with Crippen molar-refractivity contribution in [1.29, 1.82) is 0 Å². The first kappa shape index (κ1) is 14.8. The maximum atomic E-state index is 11.4. The minimum Gasteiger partial charge on any atom is -0.446 e. The molecule has 0 unspecified atom stereocenters. The lowest BCUT2D eigenvalue weighted by Gasteiger charge is -2.10. The second-order valence-electron chi connectivity index (χ2n) is 4.62. The van der Waals surface area contributed by atoms with Crippen molar-refractivity contribution in [1.82, 2.24) is 5.32 Å². The number of hydrogen-bond acceptors (Lipinski definition) is 2. The zero-order chi connectivity index (χ0) is 13.1. The second-order valence-corrected chi connectivity index (χ2v) is 4.62. The predicted octanol–water partition coefficient (Wildman–Crippen LogP) is 3.96. The minimum absolute atomic E-state index is 0.146. The van der Waals surface area contributed by atoms with Crippen molar-refractivity contribution in [2.75, 3.05) is 6.54 Å². The van der Waals surface area contributed by atoms with Gasteiger partial charge in [0.2, 0.25) is 0 Å². The van der Waals surface area contributed by atoms with E-state index in [1.807, 2.05) is 6.08 Å². The molecule has 1 rings (SSSR count). The third-order valence-corrected chi connectivity index (χ3v) is 3.01. The molecule has 3 heteroatoms. The molecule has 0 aromatic carbocycles. The molecule has 0 atom stereocenters. The van der Waals surface area contributed by atoms with Crippen LogP contribution >= 0.6 is 0 Å². The van der Waals surface area contributed by atoms with Crippen LogP contribution in [0.4, 0.5) is 4.79 Å². The summed E-state index contributed by atoms with van der Waals surface area (Å²) < 4.78 is 5.28. The Balaban J connectivity index is 1.97. The Bertz CT molecular complexity index is 278. The minimum atomic E-state index is -0.280. The van der Waals surface area contributed by atoms with E-state index >= 15 is 0 Å². The van der Waals surface area contributed by atoms with E-state index in [1.54, 1.807) is 0 Å². The largest absolute Gasteiger partial charge is 0.446 e. The number of rotatable bonds is 7. The monoisotopic (exact) mass is 251 g/mol. The van der Waals surface area contributed by atoms with Gasteiger partial charge in [-0.05, 0) is 44.9 Å². The van der Waals surface area contributed by atoms with E-state index in [0.717, 1.165) is 32.1 Å². The fraction of sp³-hybridized carbons (Fsp3) is 0.667. The van der Waals surface area contributed by atoms with Crippen LogP contribution in [-0.4, -0.2) is 18.7 Å². The summed E-state index contributed by atoms with van der Waals surface area (Å²) in [6.45, 7) is 2.69. The molecule has 3 nitrogen and oxygen atoms in total. The maximum Gasteiger partial charge on any atom is 0.407 e. The summed E-state index contributed by atoms with van der Waals surface area (Å²) >= 11 is 0. The van der Waals surface area contributed by atoms with E-state index < -0.39 is 0 Å². The molecule has 1 fully saturated rings. The van der Waals surface area contributed by atoms with Crippen LogP contribution in [0.3, 0.4) is 0 Å². The summed E-state index contributed by atoms with van der Waals surface area (Å²) in [5.41, 5.74) is 0. The van der Waals surface area contributed by atoms with Crippen molar-refractivity contribution in [2.45, 2.75) is 58.0 Å². The van der Waals surface area contributed by atoms with Crippen LogP contribution in [-0.2, 0) is 4.74 Å². The van der Waals surface area contributed by atoms with E-state index in [0.29, 0.717) is 6.54 Å². The Morgan fingerprint density at radius 1 is 1.17 bits per heavy atom. The fourth-order valence-corrected chi connectivity index (χ4v) is 2.02. The molecule has 1 amide bonds. The molecule has 0 aliphatic heterocycles. The molecule has 1 aliphatic carbocycles. The molecule has 102 valence electrons. The number of nitrogens with one attached hydrogen (secondary N) is 1. The highest BCUT2D eigenvalue weighted by molar-refractivity contribution is 5.67. The highest BCUT2D eigenvalue weighted by atomic mass is 16.6. The molecule has 0 heterocycles. The number of ether oxygens (including phenoxy) is 1. The lowest BCUT2D eigenvalue weighted by atomic mass is 10.2. The Morgan fingerprint density at radius 2 is 1.83 bits per heavy atom. The molecule has 0 aromatic rings. The first-order valence-corrected chi connectivity index (χ1v) is 7.07. The molecular weight excluding hydrogens is 226 g/mol. The average molecular weight is 251 g/mol. The molecule has 1 saturated carbocycles. The van der Waals surface area contributed by atoms with Crippen LogP contribution in [0.25, 0.3) is 0 Å². The van der Waals surface area contributed by atoms with Crippen LogP contribution in [0.1, 0.15) is 51.9 Å². The predicted molar refractivity (Wildman–Crippen MR) is 74.5 cm³/mol. The molecule has 0 radical (unpaired) electrons. The molecule has 1 aliphatic rings. The molecule has 0 saturated heterocycles. The molecule has 0 spiro atoms. The van der Waals surface area contributed by atoms with Gasteiger partial charge in [-0.2, -0.15) is 0 Å². The number of amides is 1. The maximum absolute atomic E-state index is 11.4. The summed E-state index contributed by atoms with van der Waals surface area (Å²) in [7, 11) is 0. The van der Waals surface area contributed by atoms with Crippen molar-refractivity contribution >= 4 is 6.09 Å². The van der Waals surface area contributed by atoms with Crippen molar-refractivity contribution in [3.8, 4) is 0 Å². The number of carbonyl (C=O) groups excluding carboxylic acids is 1. The van der Waals surface area contributed by atoms with E-state index in [2.05, 4.69) is 30.5 Å². The van der Waals surface area contributed by atoms with Gasteiger partial charge in [0.1, 0.15) is 6.10 Å². The Hall–Kier alpha value is -1.25. The Kier molecular flexibility index (Phi) is 8.02. The quantitative estimate of drug-likeness (QED) is 0.549. The van der Waals surface area contributed by atoms with Gasteiger partial charge in [-0.1, -0.05) is 31.2 Å². The molecule has 18 heavy (non-hydrogen) atoms. The van der Waals surface area contributed by atoms with Gasteiger partial charge in [0, 0.05) is 6.54 Å². The van der Waals surface area contributed by atoms with Gasteiger partial charge in [-0.25, -0.2) is 4.79 Å². The molecule has 0 aromatic heterocycles. The standard InChI is InChI=1S/C15H25NO2/c1-2-3-4-5-6-7-10-13-16-15(17)18-14-11-8-9-12-14/h3-4,7,10,14H,2,5-6,8-9,11-13H2,1H3,(H,16,17)/b4-3-,10-7+. The molecule has 0 bridgehead atoms. The number of allylic oxidation sites excluding steroid dienone is 3.